The van der Waals surface area contributed by atoms with Gasteiger partial charge >= 0.3 is 0 Å². The summed E-state index contributed by atoms with van der Waals surface area (Å²) < 4.78 is 0. The van der Waals surface area contributed by atoms with Crippen molar-refractivity contribution in [2.45, 2.75) is 0 Å². The lowest BCUT2D eigenvalue weighted by molar-refractivity contribution is -0.268. The second-order valence-electron chi connectivity index (χ2n) is 1.90. The third-order valence-electron chi connectivity index (χ3n) is 1.15. The fraction of sp³-hybridized carbons (Fsp3) is 0. The number of rotatable bonds is 1. The molecule has 1 aromatic carbocycles. The highest BCUT2D eigenvalue weighted by Crippen LogP contribution is 2.24. The summed E-state index contributed by atoms with van der Waals surface area (Å²) in [6.07, 6.45) is 0. The third kappa shape index (κ3) is 1.74. The first-order chi connectivity index (χ1) is 5.11. The molecule has 1 aromatic rings. The predicted octanol–water partition coefficient (Wildman–Crippen LogP) is 0.998. The topological polar surface area (TPSA) is 66.8 Å². The molecule has 0 saturated heterocycles. The molecule has 0 amide bonds. The van der Waals surface area contributed by atoms with Crippen molar-refractivity contribution in [3.8, 4) is 5.75 Å². The first kappa shape index (κ1) is 8.13. The van der Waals surface area contributed by atoms with Crippen LogP contribution in [0.15, 0.2) is 18.2 Å². The van der Waals surface area contributed by atoms with Gasteiger partial charge in [0.2, 0.25) is 0 Å². The Balaban J connectivity index is 3.05. The Bertz CT molecular complexity index is 264. The van der Waals surface area contributed by atoms with Crippen LogP contribution in [-0.2, 0) is 0 Å². The van der Waals surface area contributed by atoms with E-state index in [0.717, 1.165) is 12.1 Å². The Labute approximate surface area is 67.8 Å². The summed E-state index contributed by atoms with van der Waals surface area (Å²) >= 11 is 5.40. The Morgan fingerprint density at radius 2 is 2.00 bits per heavy atom. The fourth-order valence-corrected chi connectivity index (χ4v) is 0.789. The van der Waals surface area contributed by atoms with E-state index in [4.69, 9.17) is 22.0 Å². The van der Waals surface area contributed by atoms with E-state index in [1.54, 1.807) is 0 Å². The van der Waals surface area contributed by atoms with E-state index in [2.05, 4.69) is 0 Å². The molecule has 5 heteroatoms. The molecule has 60 valence electrons. The minimum absolute atomic E-state index is 0.0457. The van der Waals surface area contributed by atoms with Crippen molar-refractivity contribution in [2.24, 2.45) is 0 Å². The molecule has 0 fully saturated rings. The first-order valence-electron chi connectivity index (χ1n) is 2.75. The van der Waals surface area contributed by atoms with Gasteiger partial charge in [0.1, 0.15) is 0 Å². The third-order valence-corrected chi connectivity index (χ3v) is 1.44. The van der Waals surface area contributed by atoms with Crippen LogP contribution in [0.1, 0.15) is 0 Å². The standard InChI is InChI=1S/C6H6ClNO3/c7-5-3-4(8(10)11)1-2-6(5)9/h1-3,9-11H/p-1. The van der Waals surface area contributed by atoms with Gasteiger partial charge in [-0.1, -0.05) is 23.4 Å². The molecule has 0 spiro atoms. The highest BCUT2D eigenvalue weighted by molar-refractivity contribution is 6.32. The van der Waals surface area contributed by atoms with E-state index in [0.29, 0.717) is 0 Å². The van der Waals surface area contributed by atoms with Crippen LogP contribution in [-0.4, -0.2) is 10.4 Å². The number of benzene rings is 1. The Kier molecular flexibility index (Phi) is 2.19. The van der Waals surface area contributed by atoms with Gasteiger partial charge in [0, 0.05) is 5.02 Å². The van der Waals surface area contributed by atoms with Gasteiger partial charge in [-0.25, -0.2) is 0 Å². The average molecular weight is 175 g/mol. The van der Waals surface area contributed by atoms with E-state index in [9.17, 15) is 5.11 Å². The second-order valence-corrected chi connectivity index (χ2v) is 2.31. The number of hydrogen-bond acceptors (Lipinski definition) is 4. The molecule has 0 heterocycles. The summed E-state index contributed by atoms with van der Waals surface area (Å²) in [6.45, 7) is 0. The molecule has 0 aliphatic rings. The number of hydrogen-bond donors (Lipinski definition) is 2. The summed E-state index contributed by atoms with van der Waals surface area (Å²) in [5.74, 6) is -0.350. The van der Waals surface area contributed by atoms with Crippen molar-refractivity contribution in [3.63, 3.8) is 0 Å². The quantitative estimate of drug-likeness (QED) is 0.624. The van der Waals surface area contributed by atoms with Crippen LogP contribution >= 0.6 is 11.6 Å². The average Bonchev–Trinajstić information content (AvgIpc) is 1.94. The SMILES string of the molecule is [O-]c1ccc(N(O)O)cc1Cl. The van der Waals surface area contributed by atoms with Gasteiger partial charge in [-0.15, -0.1) is 5.23 Å². The van der Waals surface area contributed by atoms with Gasteiger partial charge in [0.25, 0.3) is 0 Å². The van der Waals surface area contributed by atoms with Crippen LogP contribution in [0.4, 0.5) is 5.69 Å². The molecular weight excluding hydrogens is 170 g/mol. The molecule has 0 radical (unpaired) electrons. The molecule has 0 atom stereocenters. The van der Waals surface area contributed by atoms with Crippen LogP contribution in [0.2, 0.25) is 5.02 Å². The van der Waals surface area contributed by atoms with Crippen molar-refractivity contribution >= 4 is 17.3 Å². The molecular formula is C6H5ClNO3-. The molecule has 0 aliphatic carbocycles. The molecule has 2 N–H and O–H groups in total. The maximum atomic E-state index is 10.7. The number of nitrogens with zero attached hydrogens (tertiary/aromatic N) is 1. The Morgan fingerprint density at radius 3 is 2.45 bits per heavy atom. The molecule has 0 bridgehead atoms. The maximum absolute atomic E-state index is 10.7. The molecule has 0 aromatic heterocycles. The maximum Gasteiger partial charge on any atom is 0.0957 e. The minimum Gasteiger partial charge on any atom is -0.871 e. The lowest BCUT2D eigenvalue weighted by atomic mass is 10.3. The molecule has 11 heavy (non-hydrogen) atoms. The zero-order valence-corrected chi connectivity index (χ0v) is 6.12. The molecule has 4 nitrogen and oxygen atoms in total. The monoisotopic (exact) mass is 174 g/mol. The Hall–Kier alpha value is -0.970. The van der Waals surface area contributed by atoms with Crippen molar-refractivity contribution in [3.05, 3.63) is 23.2 Å². The summed E-state index contributed by atoms with van der Waals surface area (Å²) in [6, 6.07) is 3.55. The van der Waals surface area contributed by atoms with Gasteiger partial charge in [-0.2, -0.15) is 0 Å². The summed E-state index contributed by atoms with van der Waals surface area (Å²) in [5, 5.41) is 27.5. The van der Waals surface area contributed by atoms with Gasteiger partial charge in [-0.05, 0) is 12.1 Å². The summed E-state index contributed by atoms with van der Waals surface area (Å²) in [7, 11) is 0. The van der Waals surface area contributed by atoms with Gasteiger partial charge in [0.05, 0.1) is 5.69 Å². The first-order valence-corrected chi connectivity index (χ1v) is 3.13. The summed E-state index contributed by atoms with van der Waals surface area (Å²) in [5.41, 5.74) is 0.0506. The van der Waals surface area contributed by atoms with Crippen molar-refractivity contribution < 1.29 is 15.5 Å². The van der Waals surface area contributed by atoms with Crippen LogP contribution in [0.5, 0.6) is 5.75 Å². The van der Waals surface area contributed by atoms with Crippen LogP contribution < -0.4 is 10.3 Å². The normalized spacial score (nSPS) is 9.73. The van der Waals surface area contributed by atoms with E-state index >= 15 is 0 Å². The van der Waals surface area contributed by atoms with Gasteiger partial charge in [-0.3, -0.25) is 10.4 Å². The molecule has 0 aliphatic heterocycles. The number of anilines is 1. The predicted molar refractivity (Wildman–Crippen MR) is 37.0 cm³/mol. The minimum atomic E-state index is -0.350. The van der Waals surface area contributed by atoms with Crippen LogP contribution in [0.25, 0.3) is 0 Å². The summed E-state index contributed by atoms with van der Waals surface area (Å²) in [4.78, 5) is 0. The zero-order valence-electron chi connectivity index (χ0n) is 5.36. The van der Waals surface area contributed by atoms with E-state index < -0.39 is 0 Å². The highest BCUT2D eigenvalue weighted by atomic mass is 35.5. The smallest absolute Gasteiger partial charge is 0.0957 e. The molecule has 0 unspecified atom stereocenters. The largest absolute Gasteiger partial charge is 0.871 e. The lowest BCUT2D eigenvalue weighted by Gasteiger charge is -2.12. The van der Waals surface area contributed by atoms with E-state index in [-0.39, 0.29) is 21.7 Å². The van der Waals surface area contributed by atoms with Crippen molar-refractivity contribution in [1.29, 1.82) is 0 Å². The Morgan fingerprint density at radius 1 is 1.36 bits per heavy atom. The number of halogens is 1. The fourth-order valence-electron chi connectivity index (χ4n) is 0.614. The van der Waals surface area contributed by atoms with Gasteiger partial charge in [0.15, 0.2) is 0 Å². The van der Waals surface area contributed by atoms with Crippen LogP contribution in [0, 0.1) is 0 Å². The highest BCUT2D eigenvalue weighted by Gasteiger charge is 1.98. The van der Waals surface area contributed by atoms with E-state index in [1.165, 1.54) is 6.07 Å². The van der Waals surface area contributed by atoms with Crippen molar-refractivity contribution in [2.75, 3.05) is 5.23 Å². The van der Waals surface area contributed by atoms with Crippen molar-refractivity contribution in [1.82, 2.24) is 0 Å². The van der Waals surface area contributed by atoms with E-state index in [1.807, 2.05) is 0 Å². The van der Waals surface area contributed by atoms with Crippen LogP contribution in [0.3, 0.4) is 0 Å². The zero-order chi connectivity index (χ0) is 8.43. The molecule has 0 saturated carbocycles. The van der Waals surface area contributed by atoms with Gasteiger partial charge < -0.3 is 5.11 Å². The molecule has 1 rings (SSSR count). The lowest BCUT2D eigenvalue weighted by Crippen LogP contribution is -2.10. The second kappa shape index (κ2) is 2.96.